The van der Waals surface area contributed by atoms with Gasteiger partial charge in [-0.1, -0.05) is 47.5 Å². The molecule has 2 amide bonds. The van der Waals surface area contributed by atoms with Crippen molar-refractivity contribution < 1.29 is 23.1 Å². The molecule has 14 nitrogen and oxygen atoms in total. The minimum Gasteiger partial charge on any atom is -0.382 e. The molecular weight excluding hydrogens is 549 g/mol. The topological polar surface area (TPSA) is 269 Å². The molecule has 0 saturated heterocycles. The summed E-state index contributed by atoms with van der Waals surface area (Å²) >= 11 is 11.4. The lowest BCUT2D eigenvalue weighted by Crippen LogP contribution is -2.40. The van der Waals surface area contributed by atoms with Crippen LogP contribution < -0.4 is 33.4 Å². The zero-order valence-corrected chi connectivity index (χ0v) is 20.8. The Labute approximate surface area is 219 Å². The molecule has 4 rings (SSSR count). The second-order valence-electron chi connectivity index (χ2n) is 7.38. The Bertz CT molecular complexity index is 1560. The van der Waals surface area contributed by atoms with Crippen LogP contribution in [0.2, 0.25) is 10.2 Å². The highest BCUT2D eigenvalue weighted by Gasteiger charge is 2.43. The molecule has 12 N–H and O–H groups in total. The van der Waals surface area contributed by atoms with E-state index in [-0.39, 0.29) is 38.0 Å². The lowest BCUT2D eigenvalue weighted by Gasteiger charge is -2.25. The number of hydrogen-bond acceptors (Lipinski definition) is 9. The van der Waals surface area contributed by atoms with Gasteiger partial charge in [0, 0.05) is 16.7 Å². The van der Waals surface area contributed by atoms with E-state index in [1.54, 1.807) is 24.3 Å². The van der Waals surface area contributed by atoms with Crippen LogP contribution in [0.3, 0.4) is 0 Å². The average molecular weight is 568 g/mol. The number of carbonyl (C=O) groups is 2. The van der Waals surface area contributed by atoms with Crippen LogP contribution in [0.1, 0.15) is 32.0 Å². The molecule has 0 bridgehead atoms. The Morgan fingerprint density at radius 3 is 2.32 bits per heavy atom. The van der Waals surface area contributed by atoms with Gasteiger partial charge >= 0.3 is 5.91 Å². The summed E-state index contributed by atoms with van der Waals surface area (Å²) in [6, 6.07) is 10.4. The minimum atomic E-state index is -4.06. The van der Waals surface area contributed by atoms with E-state index >= 15 is 0 Å². The molecule has 194 valence electrons. The maximum atomic E-state index is 12.0. The number of rotatable bonds is 3. The minimum absolute atomic E-state index is 0.0625. The number of carbonyl (C=O) groups excluding carboxylic acids is 2. The van der Waals surface area contributed by atoms with Crippen molar-refractivity contribution in [2.45, 2.75) is 10.6 Å². The summed E-state index contributed by atoms with van der Waals surface area (Å²) < 4.78 is 23.1. The van der Waals surface area contributed by atoms with Crippen LogP contribution in [0.25, 0.3) is 0 Å². The Balaban J connectivity index is 0.000000222. The van der Waals surface area contributed by atoms with Crippen LogP contribution in [0.4, 0.5) is 11.6 Å². The van der Waals surface area contributed by atoms with E-state index in [9.17, 15) is 23.1 Å². The predicted molar refractivity (Wildman–Crippen MR) is 136 cm³/mol. The van der Waals surface area contributed by atoms with Gasteiger partial charge in [0.25, 0.3) is 5.91 Å². The molecule has 0 radical (unpaired) electrons. The summed E-state index contributed by atoms with van der Waals surface area (Å²) in [6.45, 7) is 0. The van der Waals surface area contributed by atoms with Crippen molar-refractivity contribution >= 4 is 62.6 Å². The predicted octanol–water partition coefficient (Wildman–Crippen LogP) is -0.368. The Hall–Kier alpha value is -4.02. The van der Waals surface area contributed by atoms with Gasteiger partial charge < -0.3 is 33.4 Å². The number of fused-ring (bicyclic) bond motifs is 1. The molecule has 3 aromatic rings. The van der Waals surface area contributed by atoms with Crippen molar-refractivity contribution in [3.8, 4) is 0 Å². The normalized spacial score (nSPS) is 16.2. The lowest BCUT2D eigenvalue weighted by molar-refractivity contribution is 0.0474. The number of aromatic nitrogens is 2. The fourth-order valence-electron chi connectivity index (χ4n) is 3.24. The number of amides is 2. The first-order valence-electron chi connectivity index (χ1n) is 9.84. The van der Waals surface area contributed by atoms with Crippen LogP contribution in [-0.4, -0.2) is 41.3 Å². The number of nitrogens with zero attached hydrogens (tertiary/aromatic N) is 3. The molecule has 1 aliphatic heterocycles. The molecule has 0 saturated carbocycles. The Morgan fingerprint density at radius 1 is 1.05 bits per heavy atom. The van der Waals surface area contributed by atoms with Gasteiger partial charge in [0.15, 0.2) is 34.2 Å². The number of nitrogen functional groups attached to an aromatic ring is 2. The van der Waals surface area contributed by atoms with Crippen LogP contribution in [0.5, 0.6) is 0 Å². The number of aliphatic imine (C=N–C) groups is 1. The van der Waals surface area contributed by atoms with Gasteiger partial charge in [-0.2, -0.15) is 4.99 Å². The van der Waals surface area contributed by atoms with Gasteiger partial charge in [0.2, 0.25) is 10.0 Å². The SMILES string of the molecule is NC(N)=NC(=O)c1nc(Cl)c(N)nc1N.NS(=O)(=O)c1cc([C@]2(O)NC(=O)c3ccccc32)ccc1Cl. The highest BCUT2D eigenvalue weighted by molar-refractivity contribution is 7.89. The molecule has 17 heteroatoms. The third-order valence-corrected chi connectivity index (χ3v) is 6.52. The average Bonchev–Trinajstić information content (AvgIpc) is 3.07. The number of hydrogen-bond donors (Lipinski definition) is 7. The van der Waals surface area contributed by atoms with E-state index in [4.69, 9.17) is 51.3 Å². The largest absolute Gasteiger partial charge is 0.382 e. The Kier molecular flexibility index (Phi) is 7.56. The summed E-state index contributed by atoms with van der Waals surface area (Å²) in [5.74, 6) is -1.96. The molecule has 0 aliphatic carbocycles. The van der Waals surface area contributed by atoms with Crippen LogP contribution >= 0.6 is 23.2 Å². The number of nitrogens with two attached hydrogens (primary N) is 5. The molecule has 0 fully saturated rings. The summed E-state index contributed by atoms with van der Waals surface area (Å²) in [6.07, 6.45) is 0. The van der Waals surface area contributed by atoms with Crippen molar-refractivity contribution in [1.82, 2.24) is 15.3 Å². The number of aliphatic hydroxyl groups is 1. The van der Waals surface area contributed by atoms with Crippen molar-refractivity contribution in [1.29, 1.82) is 0 Å². The maximum Gasteiger partial charge on any atom is 0.302 e. The molecule has 1 aliphatic rings. The van der Waals surface area contributed by atoms with E-state index in [1.807, 2.05) is 0 Å². The summed E-state index contributed by atoms with van der Waals surface area (Å²) in [4.78, 5) is 33.4. The Morgan fingerprint density at radius 2 is 1.70 bits per heavy atom. The molecule has 2 heterocycles. The van der Waals surface area contributed by atoms with Crippen molar-refractivity contribution in [2.75, 3.05) is 11.5 Å². The van der Waals surface area contributed by atoms with Crippen LogP contribution in [0.15, 0.2) is 52.4 Å². The van der Waals surface area contributed by atoms with Crippen LogP contribution in [0, 0.1) is 0 Å². The summed E-state index contributed by atoms with van der Waals surface area (Å²) in [7, 11) is -4.06. The number of sulfonamides is 1. The number of halogens is 2. The number of benzene rings is 2. The molecule has 1 atom stereocenters. The highest BCUT2D eigenvalue weighted by atomic mass is 35.5. The lowest BCUT2D eigenvalue weighted by atomic mass is 9.94. The fraction of sp³-hybridized carbons (Fsp3) is 0.0500. The first-order valence-corrected chi connectivity index (χ1v) is 12.1. The zero-order valence-electron chi connectivity index (χ0n) is 18.5. The number of anilines is 2. The molecule has 0 unspecified atom stereocenters. The van der Waals surface area contributed by atoms with Gasteiger partial charge in [-0.25, -0.2) is 23.5 Å². The molecule has 2 aromatic carbocycles. The van der Waals surface area contributed by atoms with E-state index in [0.29, 0.717) is 11.1 Å². The molecular formula is C20H19Cl2N9O5S. The standard InChI is InChI=1S/C14H11ClN2O4S.C6H8ClN7O/c15-11-6-5-8(7-12(11)22(16,20)21)14(19)10-4-2-1-3-9(10)13(18)17-14;7-2-4(9)13-3(8)1(12-2)5(15)14-6(10)11/h1-7,19H,(H,17,18)(H2,16,20,21);(H4,8,9,13)(H4,10,11,14,15)/t14-;/m1./s1. The number of primary sulfonamides is 1. The third-order valence-electron chi connectivity index (χ3n) is 4.85. The van der Waals surface area contributed by atoms with E-state index < -0.39 is 33.5 Å². The second kappa shape index (κ2) is 10.2. The van der Waals surface area contributed by atoms with Gasteiger partial charge in [-0.15, -0.1) is 0 Å². The third kappa shape index (κ3) is 5.71. The van der Waals surface area contributed by atoms with E-state index in [0.717, 1.165) is 6.07 Å². The van der Waals surface area contributed by atoms with Crippen molar-refractivity contribution in [3.05, 3.63) is 75.0 Å². The van der Waals surface area contributed by atoms with Crippen molar-refractivity contribution in [3.63, 3.8) is 0 Å². The van der Waals surface area contributed by atoms with Gasteiger partial charge in [0.05, 0.1) is 5.02 Å². The second-order valence-corrected chi connectivity index (χ2v) is 9.67. The molecule has 0 spiro atoms. The molecule has 37 heavy (non-hydrogen) atoms. The van der Waals surface area contributed by atoms with E-state index in [2.05, 4.69) is 20.3 Å². The number of nitrogens with one attached hydrogen (secondary N) is 1. The monoisotopic (exact) mass is 567 g/mol. The first kappa shape index (κ1) is 27.6. The van der Waals surface area contributed by atoms with Crippen LogP contribution in [-0.2, 0) is 15.7 Å². The summed E-state index contributed by atoms with van der Waals surface area (Å²) in [5, 5.41) is 18.2. The van der Waals surface area contributed by atoms with Gasteiger partial charge in [-0.05, 0) is 18.2 Å². The number of guanidine groups is 1. The van der Waals surface area contributed by atoms with Gasteiger partial charge in [-0.3, -0.25) is 9.59 Å². The smallest absolute Gasteiger partial charge is 0.302 e. The zero-order chi connectivity index (χ0) is 27.7. The fourth-order valence-corrected chi connectivity index (χ4v) is 4.44. The van der Waals surface area contributed by atoms with Gasteiger partial charge in [0.1, 0.15) is 4.90 Å². The first-order chi connectivity index (χ1) is 17.1. The maximum absolute atomic E-state index is 12.0. The summed E-state index contributed by atoms with van der Waals surface area (Å²) in [5.41, 5.74) is 19.4. The van der Waals surface area contributed by atoms with Crippen molar-refractivity contribution in [2.24, 2.45) is 21.6 Å². The van der Waals surface area contributed by atoms with E-state index in [1.165, 1.54) is 12.1 Å². The highest BCUT2D eigenvalue weighted by Crippen LogP contribution is 2.36. The molecule has 1 aromatic heterocycles. The quantitative estimate of drug-likeness (QED) is 0.158.